The van der Waals surface area contributed by atoms with Gasteiger partial charge in [-0.05, 0) is 12.6 Å². The third-order valence-corrected chi connectivity index (χ3v) is 3.18. The molecule has 0 aliphatic rings. The van der Waals surface area contributed by atoms with Gasteiger partial charge in [0.1, 0.15) is 5.75 Å². The van der Waals surface area contributed by atoms with Crippen LogP contribution in [0.3, 0.4) is 0 Å². The molecule has 0 N–H and O–H groups in total. The lowest BCUT2D eigenvalue weighted by Crippen LogP contribution is -2.26. The van der Waals surface area contributed by atoms with Crippen LogP contribution in [0, 0.1) is 10.1 Å². The molecule has 116 valence electrons. The fourth-order valence-electron chi connectivity index (χ4n) is 1.94. The number of rotatable bonds is 8. The molecule has 1 aromatic rings. The minimum Gasteiger partial charge on any atom is -0.496 e. The van der Waals surface area contributed by atoms with Crippen LogP contribution in [0.25, 0.3) is 0 Å². The summed E-state index contributed by atoms with van der Waals surface area (Å²) < 4.78 is 9.84. The average molecular weight is 296 g/mol. The number of carbonyl (C=O) groups is 1. The highest BCUT2D eigenvalue weighted by Crippen LogP contribution is 2.25. The van der Waals surface area contributed by atoms with Gasteiger partial charge in [0.25, 0.3) is 5.69 Å². The molecule has 1 rings (SSSR count). The van der Waals surface area contributed by atoms with Crippen LogP contribution in [0.2, 0.25) is 0 Å². The largest absolute Gasteiger partial charge is 0.496 e. The number of hydrogen-bond acceptors (Lipinski definition) is 6. The van der Waals surface area contributed by atoms with Gasteiger partial charge in [0.2, 0.25) is 0 Å². The van der Waals surface area contributed by atoms with Crippen molar-refractivity contribution in [3.8, 4) is 5.75 Å². The lowest BCUT2D eigenvalue weighted by atomic mass is 10.1. The van der Waals surface area contributed by atoms with Gasteiger partial charge in [-0.3, -0.25) is 19.8 Å². The average Bonchev–Trinajstić information content (AvgIpc) is 2.50. The number of carbonyl (C=O) groups excluding carboxylic acids is 1. The Bertz CT molecular complexity index is 504. The molecule has 0 radical (unpaired) electrons. The van der Waals surface area contributed by atoms with Crippen molar-refractivity contribution in [1.82, 2.24) is 4.90 Å². The van der Waals surface area contributed by atoms with Gasteiger partial charge in [-0.2, -0.15) is 0 Å². The number of benzene rings is 1. The van der Waals surface area contributed by atoms with Crippen molar-refractivity contribution in [2.75, 3.05) is 27.3 Å². The van der Waals surface area contributed by atoms with Gasteiger partial charge in [0.05, 0.1) is 25.6 Å². The summed E-state index contributed by atoms with van der Waals surface area (Å²) >= 11 is 0. The van der Waals surface area contributed by atoms with Gasteiger partial charge >= 0.3 is 5.97 Å². The van der Waals surface area contributed by atoms with E-state index < -0.39 is 4.92 Å². The van der Waals surface area contributed by atoms with Gasteiger partial charge < -0.3 is 9.47 Å². The van der Waals surface area contributed by atoms with Crippen molar-refractivity contribution in [1.29, 1.82) is 0 Å². The second-order valence-electron chi connectivity index (χ2n) is 4.45. The molecule has 0 heterocycles. The predicted molar refractivity (Wildman–Crippen MR) is 77.2 cm³/mol. The smallest absolute Gasteiger partial charge is 0.306 e. The Balaban J connectivity index is 2.84. The number of nitro groups is 1. The third-order valence-electron chi connectivity index (χ3n) is 3.18. The van der Waals surface area contributed by atoms with Crippen LogP contribution >= 0.6 is 0 Å². The number of hydrogen-bond donors (Lipinski definition) is 0. The molecular formula is C14H20N2O5. The van der Waals surface area contributed by atoms with Crippen molar-refractivity contribution in [3.63, 3.8) is 0 Å². The fourth-order valence-corrected chi connectivity index (χ4v) is 1.94. The van der Waals surface area contributed by atoms with E-state index >= 15 is 0 Å². The van der Waals surface area contributed by atoms with Crippen LogP contribution in [0.1, 0.15) is 18.9 Å². The van der Waals surface area contributed by atoms with Crippen LogP contribution in [0.15, 0.2) is 18.2 Å². The van der Waals surface area contributed by atoms with Crippen molar-refractivity contribution in [2.45, 2.75) is 19.9 Å². The van der Waals surface area contributed by atoms with Crippen molar-refractivity contribution in [3.05, 3.63) is 33.9 Å². The quantitative estimate of drug-likeness (QED) is 0.414. The Morgan fingerprint density at radius 2 is 2.10 bits per heavy atom. The Morgan fingerprint density at radius 1 is 1.38 bits per heavy atom. The summed E-state index contributed by atoms with van der Waals surface area (Å²) in [7, 11) is 2.87. The maximum absolute atomic E-state index is 11.2. The van der Waals surface area contributed by atoms with E-state index in [1.807, 2.05) is 11.8 Å². The lowest BCUT2D eigenvalue weighted by molar-refractivity contribution is -0.385. The Labute approximate surface area is 123 Å². The Hall–Kier alpha value is -2.15. The molecule has 0 aliphatic heterocycles. The molecule has 7 heteroatoms. The molecule has 0 aliphatic carbocycles. The number of esters is 1. The van der Waals surface area contributed by atoms with Crippen LogP contribution < -0.4 is 4.74 Å². The number of non-ortho nitro benzene ring substituents is 1. The standard InChI is InChI=1S/C14H20N2O5/c1-4-15(8-7-14(17)21-3)10-11-9-12(16(18)19)5-6-13(11)20-2/h5-6,9H,4,7-8,10H2,1-3H3. The molecular weight excluding hydrogens is 276 g/mol. The van der Waals surface area contributed by atoms with Gasteiger partial charge in [-0.1, -0.05) is 6.92 Å². The SMILES string of the molecule is CCN(CCC(=O)OC)Cc1cc([N+](=O)[O-])ccc1OC. The van der Waals surface area contributed by atoms with Crippen LogP contribution in [-0.2, 0) is 16.1 Å². The second-order valence-corrected chi connectivity index (χ2v) is 4.45. The first-order valence-corrected chi connectivity index (χ1v) is 6.62. The molecule has 0 amide bonds. The van der Waals surface area contributed by atoms with E-state index in [-0.39, 0.29) is 18.1 Å². The zero-order valence-corrected chi connectivity index (χ0v) is 12.5. The minimum absolute atomic E-state index is 0.0230. The first-order valence-electron chi connectivity index (χ1n) is 6.62. The van der Waals surface area contributed by atoms with E-state index in [0.717, 1.165) is 5.56 Å². The van der Waals surface area contributed by atoms with Crippen molar-refractivity contribution >= 4 is 11.7 Å². The number of nitrogens with zero attached hydrogens (tertiary/aromatic N) is 2. The molecule has 0 saturated carbocycles. The monoisotopic (exact) mass is 296 g/mol. The number of ether oxygens (including phenoxy) is 2. The van der Waals surface area contributed by atoms with Gasteiger partial charge in [0.15, 0.2) is 0 Å². The summed E-state index contributed by atoms with van der Waals surface area (Å²) in [4.78, 5) is 23.6. The summed E-state index contributed by atoms with van der Waals surface area (Å²) in [5.74, 6) is 0.316. The molecule has 0 aromatic heterocycles. The van der Waals surface area contributed by atoms with Gasteiger partial charge in [0, 0.05) is 30.8 Å². The summed E-state index contributed by atoms with van der Waals surface area (Å²) in [5, 5.41) is 10.9. The molecule has 0 bridgehead atoms. The first-order chi connectivity index (χ1) is 10.0. The maximum Gasteiger partial charge on any atom is 0.306 e. The van der Waals surface area contributed by atoms with E-state index in [1.165, 1.54) is 26.4 Å². The highest BCUT2D eigenvalue weighted by atomic mass is 16.6. The highest BCUT2D eigenvalue weighted by molar-refractivity contribution is 5.69. The molecule has 0 saturated heterocycles. The van der Waals surface area contributed by atoms with Crippen molar-refractivity contribution < 1.29 is 19.2 Å². The van der Waals surface area contributed by atoms with Gasteiger partial charge in [-0.25, -0.2) is 0 Å². The van der Waals surface area contributed by atoms with E-state index in [0.29, 0.717) is 25.4 Å². The van der Waals surface area contributed by atoms with Crippen LogP contribution in [0.5, 0.6) is 5.75 Å². The van der Waals surface area contributed by atoms with Crippen LogP contribution in [-0.4, -0.2) is 43.1 Å². The van der Waals surface area contributed by atoms with E-state index in [2.05, 4.69) is 4.74 Å². The normalized spacial score (nSPS) is 10.5. The Morgan fingerprint density at radius 3 is 2.62 bits per heavy atom. The zero-order chi connectivity index (χ0) is 15.8. The van der Waals surface area contributed by atoms with Gasteiger partial charge in [-0.15, -0.1) is 0 Å². The molecule has 21 heavy (non-hydrogen) atoms. The highest BCUT2D eigenvalue weighted by Gasteiger charge is 2.14. The minimum atomic E-state index is -0.437. The predicted octanol–water partition coefficient (Wildman–Crippen LogP) is 1.99. The third kappa shape index (κ3) is 5.03. The molecule has 0 unspecified atom stereocenters. The number of methoxy groups -OCH3 is 2. The number of nitro benzene ring substituents is 1. The topological polar surface area (TPSA) is 81.9 Å². The molecule has 7 nitrogen and oxygen atoms in total. The maximum atomic E-state index is 11.2. The molecule has 1 aromatic carbocycles. The summed E-state index contributed by atoms with van der Waals surface area (Å²) in [6.45, 7) is 3.66. The summed E-state index contributed by atoms with van der Waals surface area (Å²) in [6, 6.07) is 4.49. The second kappa shape index (κ2) is 8.21. The lowest BCUT2D eigenvalue weighted by Gasteiger charge is -2.21. The van der Waals surface area contributed by atoms with E-state index in [1.54, 1.807) is 6.07 Å². The van der Waals surface area contributed by atoms with Crippen LogP contribution in [0.4, 0.5) is 5.69 Å². The Kier molecular flexibility index (Phi) is 6.61. The first kappa shape index (κ1) is 16.9. The fraction of sp³-hybridized carbons (Fsp3) is 0.500. The van der Waals surface area contributed by atoms with E-state index in [9.17, 15) is 14.9 Å². The zero-order valence-electron chi connectivity index (χ0n) is 12.5. The van der Waals surface area contributed by atoms with Crippen molar-refractivity contribution in [2.24, 2.45) is 0 Å². The summed E-state index contributed by atoms with van der Waals surface area (Å²) in [5.41, 5.74) is 0.744. The summed E-state index contributed by atoms with van der Waals surface area (Å²) in [6.07, 6.45) is 0.279. The molecule has 0 atom stereocenters. The molecule has 0 fully saturated rings. The van der Waals surface area contributed by atoms with E-state index in [4.69, 9.17) is 4.74 Å². The molecule has 0 spiro atoms.